The largest absolute Gasteiger partial charge is 0.378 e. The highest BCUT2D eigenvalue weighted by atomic mass is 35.5. The molecule has 11 heavy (non-hydrogen) atoms. The Bertz CT molecular complexity index is 104. The molecule has 0 amide bonds. The molecule has 0 aromatic heterocycles. The van der Waals surface area contributed by atoms with E-state index in [1.165, 1.54) is 19.3 Å². The number of hydrogen-bond acceptors (Lipinski definition) is 1. The van der Waals surface area contributed by atoms with Crippen molar-refractivity contribution in [3.05, 3.63) is 0 Å². The van der Waals surface area contributed by atoms with Crippen LogP contribution in [0.1, 0.15) is 32.6 Å². The third kappa shape index (κ3) is 3.00. The smallest absolute Gasteiger partial charge is 0.0578 e. The molecule has 1 saturated heterocycles. The van der Waals surface area contributed by atoms with E-state index in [9.17, 15) is 0 Å². The summed E-state index contributed by atoms with van der Waals surface area (Å²) in [5.74, 6) is 1.52. The molecule has 0 aromatic rings. The molecular formula is C9H17ClO. The van der Waals surface area contributed by atoms with Gasteiger partial charge in [-0.3, -0.25) is 0 Å². The van der Waals surface area contributed by atoms with E-state index in [-0.39, 0.29) is 0 Å². The first-order valence-electron chi connectivity index (χ1n) is 4.54. The van der Waals surface area contributed by atoms with E-state index in [1.807, 2.05) is 0 Å². The second-order valence-corrected chi connectivity index (χ2v) is 3.63. The number of rotatable bonds is 3. The topological polar surface area (TPSA) is 9.23 Å². The summed E-state index contributed by atoms with van der Waals surface area (Å²) in [7, 11) is 0. The zero-order valence-electron chi connectivity index (χ0n) is 7.18. The Labute approximate surface area is 74.1 Å². The van der Waals surface area contributed by atoms with Crippen molar-refractivity contribution in [1.29, 1.82) is 0 Å². The minimum absolute atomic E-state index is 0.498. The average molecular weight is 177 g/mol. The molecule has 0 spiro atoms. The number of ether oxygens (including phenoxy) is 1. The summed E-state index contributed by atoms with van der Waals surface area (Å²) in [4.78, 5) is 0. The van der Waals surface area contributed by atoms with Crippen molar-refractivity contribution in [2.45, 2.75) is 38.7 Å². The Morgan fingerprint density at radius 3 is 3.00 bits per heavy atom. The summed E-state index contributed by atoms with van der Waals surface area (Å²) >= 11 is 5.79. The van der Waals surface area contributed by atoms with E-state index in [1.54, 1.807) is 0 Å². The Hall–Kier alpha value is 0.250. The molecule has 2 atom stereocenters. The molecule has 66 valence electrons. The van der Waals surface area contributed by atoms with Crippen LogP contribution in [0.15, 0.2) is 0 Å². The lowest BCUT2D eigenvalue weighted by Gasteiger charge is -2.27. The SMILES string of the molecule is CCCC1CC(CCl)CCO1. The lowest BCUT2D eigenvalue weighted by molar-refractivity contribution is -0.00882. The first-order chi connectivity index (χ1) is 5.36. The van der Waals surface area contributed by atoms with Gasteiger partial charge < -0.3 is 4.74 Å². The minimum atomic E-state index is 0.498. The standard InChI is InChI=1S/C9H17ClO/c1-2-3-9-6-8(7-10)4-5-11-9/h8-9H,2-7H2,1H3. The van der Waals surface area contributed by atoms with Gasteiger partial charge in [-0.1, -0.05) is 13.3 Å². The van der Waals surface area contributed by atoms with E-state index < -0.39 is 0 Å². The van der Waals surface area contributed by atoms with Gasteiger partial charge in [-0.25, -0.2) is 0 Å². The summed E-state index contributed by atoms with van der Waals surface area (Å²) in [6.07, 6.45) is 5.26. The first kappa shape index (κ1) is 9.34. The third-order valence-electron chi connectivity index (χ3n) is 2.30. The maximum absolute atomic E-state index is 5.79. The van der Waals surface area contributed by atoms with Gasteiger partial charge >= 0.3 is 0 Å². The van der Waals surface area contributed by atoms with Crippen molar-refractivity contribution in [2.75, 3.05) is 12.5 Å². The van der Waals surface area contributed by atoms with E-state index in [0.29, 0.717) is 12.0 Å². The van der Waals surface area contributed by atoms with Crippen LogP contribution < -0.4 is 0 Å². The van der Waals surface area contributed by atoms with Crippen LogP contribution in [-0.4, -0.2) is 18.6 Å². The van der Waals surface area contributed by atoms with Crippen molar-refractivity contribution < 1.29 is 4.74 Å². The summed E-state index contributed by atoms with van der Waals surface area (Å²) in [6.45, 7) is 3.12. The Balaban J connectivity index is 2.21. The molecule has 2 heteroatoms. The molecule has 1 nitrogen and oxygen atoms in total. The van der Waals surface area contributed by atoms with Crippen LogP contribution in [0.25, 0.3) is 0 Å². The van der Waals surface area contributed by atoms with E-state index in [2.05, 4.69) is 6.92 Å². The predicted molar refractivity (Wildman–Crippen MR) is 48.1 cm³/mol. The van der Waals surface area contributed by atoms with Crippen LogP contribution >= 0.6 is 11.6 Å². The number of hydrogen-bond donors (Lipinski definition) is 0. The minimum Gasteiger partial charge on any atom is -0.378 e. The molecule has 0 radical (unpaired) electrons. The van der Waals surface area contributed by atoms with Crippen LogP contribution in [0.5, 0.6) is 0 Å². The van der Waals surface area contributed by atoms with Gasteiger partial charge in [0.05, 0.1) is 6.10 Å². The molecule has 1 heterocycles. The lowest BCUT2D eigenvalue weighted by Crippen LogP contribution is -2.26. The second-order valence-electron chi connectivity index (χ2n) is 3.33. The van der Waals surface area contributed by atoms with Crippen molar-refractivity contribution in [3.63, 3.8) is 0 Å². The molecule has 1 rings (SSSR count). The van der Waals surface area contributed by atoms with Crippen LogP contribution in [0.2, 0.25) is 0 Å². The molecule has 0 saturated carbocycles. The summed E-state index contributed by atoms with van der Waals surface area (Å²) < 4.78 is 5.59. The fourth-order valence-electron chi connectivity index (χ4n) is 1.62. The van der Waals surface area contributed by atoms with E-state index in [0.717, 1.165) is 18.9 Å². The van der Waals surface area contributed by atoms with Crippen molar-refractivity contribution >= 4 is 11.6 Å². The van der Waals surface area contributed by atoms with Crippen LogP contribution in [-0.2, 0) is 4.74 Å². The van der Waals surface area contributed by atoms with E-state index >= 15 is 0 Å². The Kier molecular flexibility index (Phi) is 4.24. The molecule has 0 aliphatic carbocycles. The van der Waals surface area contributed by atoms with Gasteiger partial charge in [0, 0.05) is 12.5 Å². The Morgan fingerprint density at radius 2 is 2.36 bits per heavy atom. The van der Waals surface area contributed by atoms with Crippen molar-refractivity contribution in [1.82, 2.24) is 0 Å². The molecule has 0 bridgehead atoms. The normalized spacial score (nSPS) is 32.2. The van der Waals surface area contributed by atoms with Gasteiger partial charge in [0.1, 0.15) is 0 Å². The van der Waals surface area contributed by atoms with Gasteiger partial charge in [-0.2, -0.15) is 0 Å². The molecule has 0 aromatic carbocycles. The quantitative estimate of drug-likeness (QED) is 0.601. The molecule has 1 aliphatic heterocycles. The lowest BCUT2D eigenvalue weighted by atomic mass is 9.95. The summed E-state index contributed by atoms with van der Waals surface area (Å²) in [5, 5.41) is 0. The average Bonchev–Trinajstić information content (AvgIpc) is 2.06. The predicted octanol–water partition coefficient (Wildman–Crippen LogP) is 2.82. The monoisotopic (exact) mass is 176 g/mol. The Morgan fingerprint density at radius 1 is 1.55 bits per heavy atom. The van der Waals surface area contributed by atoms with E-state index in [4.69, 9.17) is 16.3 Å². The fraction of sp³-hybridized carbons (Fsp3) is 1.00. The number of halogens is 1. The molecule has 1 fully saturated rings. The van der Waals surface area contributed by atoms with Gasteiger partial charge in [-0.15, -0.1) is 11.6 Å². The van der Waals surface area contributed by atoms with Crippen LogP contribution in [0.3, 0.4) is 0 Å². The summed E-state index contributed by atoms with van der Waals surface area (Å²) in [6, 6.07) is 0. The highest BCUT2D eigenvalue weighted by molar-refractivity contribution is 6.18. The fourth-order valence-corrected chi connectivity index (χ4v) is 1.90. The van der Waals surface area contributed by atoms with Crippen molar-refractivity contribution in [3.8, 4) is 0 Å². The van der Waals surface area contributed by atoms with Gasteiger partial charge in [0.2, 0.25) is 0 Å². The maximum Gasteiger partial charge on any atom is 0.0578 e. The van der Waals surface area contributed by atoms with Gasteiger partial charge in [-0.05, 0) is 25.2 Å². The second kappa shape index (κ2) is 5.00. The highest BCUT2D eigenvalue weighted by Gasteiger charge is 2.20. The molecule has 1 aliphatic rings. The molecule has 0 N–H and O–H groups in total. The maximum atomic E-state index is 5.79. The summed E-state index contributed by atoms with van der Waals surface area (Å²) in [5.41, 5.74) is 0. The zero-order valence-corrected chi connectivity index (χ0v) is 7.94. The third-order valence-corrected chi connectivity index (χ3v) is 2.74. The molecule has 2 unspecified atom stereocenters. The van der Waals surface area contributed by atoms with Gasteiger partial charge in [0.25, 0.3) is 0 Å². The zero-order chi connectivity index (χ0) is 8.10. The van der Waals surface area contributed by atoms with Gasteiger partial charge in [0.15, 0.2) is 0 Å². The van der Waals surface area contributed by atoms with Crippen LogP contribution in [0.4, 0.5) is 0 Å². The number of alkyl halides is 1. The highest BCUT2D eigenvalue weighted by Crippen LogP contribution is 2.23. The molecular weight excluding hydrogens is 160 g/mol. The first-order valence-corrected chi connectivity index (χ1v) is 5.07. The van der Waals surface area contributed by atoms with Crippen molar-refractivity contribution in [2.24, 2.45) is 5.92 Å². The van der Waals surface area contributed by atoms with Crippen LogP contribution in [0, 0.1) is 5.92 Å².